The van der Waals surface area contributed by atoms with Gasteiger partial charge in [-0.05, 0) is 36.4 Å². The molecule has 0 atom stereocenters. The molecule has 2 rings (SSSR count). The van der Waals surface area contributed by atoms with Gasteiger partial charge in [0.2, 0.25) is 0 Å². The zero-order valence-corrected chi connectivity index (χ0v) is 10.6. The van der Waals surface area contributed by atoms with Gasteiger partial charge in [-0.15, -0.1) is 0 Å². The summed E-state index contributed by atoms with van der Waals surface area (Å²) >= 11 is 0. The Kier molecular flexibility index (Phi) is 4.10. The van der Waals surface area contributed by atoms with Crippen molar-refractivity contribution < 1.29 is 23.5 Å². The lowest BCUT2D eigenvalue weighted by Crippen LogP contribution is -2.12. The molecule has 4 nitrogen and oxygen atoms in total. The van der Waals surface area contributed by atoms with Crippen molar-refractivity contribution in [3.05, 3.63) is 59.9 Å². The smallest absolute Gasteiger partial charge is 0.347 e. The Labute approximate surface area is 114 Å². The van der Waals surface area contributed by atoms with Crippen molar-refractivity contribution >= 4 is 11.9 Å². The molecule has 0 bridgehead atoms. The molecule has 0 N–H and O–H groups in total. The van der Waals surface area contributed by atoms with Gasteiger partial charge in [-0.3, -0.25) is 4.79 Å². The van der Waals surface area contributed by atoms with E-state index >= 15 is 0 Å². The van der Waals surface area contributed by atoms with Crippen LogP contribution in [-0.2, 0) is 4.79 Å². The Balaban J connectivity index is 2.20. The molecule has 2 aromatic carbocycles. The molecule has 0 saturated carbocycles. The maximum Gasteiger partial charge on any atom is 0.347 e. The van der Waals surface area contributed by atoms with E-state index in [-0.39, 0.29) is 17.1 Å². The van der Waals surface area contributed by atoms with Gasteiger partial charge in [-0.1, -0.05) is 12.1 Å². The predicted octanol–water partition coefficient (Wildman–Crippen LogP) is 2.97. The SMILES string of the molecule is CC(=O)Oc1ccccc1C(=O)Oc1ccc(F)cc1. The van der Waals surface area contributed by atoms with E-state index in [2.05, 4.69) is 0 Å². The molecular weight excluding hydrogens is 263 g/mol. The number of carbonyl (C=O) groups excluding carboxylic acids is 2. The molecule has 0 aromatic heterocycles. The van der Waals surface area contributed by atoms with E-state index in [0.29, 0.717) is 0 Å². The van der Waals surface area contributed by atoms with E-state index in [0.717, 1.165) is 0 Å². The average molecular weight is 274 g/mol. The standard InChI is InChI=1S/C15H11FO4/c1-10(17)19-14-5-3-2-4-13(14)15(18)20-12-8-6-11(16)7-9-12/h2-9H,1H3. The number of benzene rings is 2. The van der Waals surface area contributed by atoms with E-state index in [1.165, 1.54) is 43.3 Å². The highest BCUT2D eigenvalue weighted by molar-refractivity contribution is 5.94. The van der Waals surface area contributed by atoms with Crippen LogP contribution in [0.25, 0.3) is 0 Å². The number of halogens is 1. The normalized spacial score (nSPS) is 9.90. The lowest BCUT2D eigenvalue weighted by Gasteiger charge is -2.08. The molecule has 0 radical (unpaired) electrons. The molecule has 0 heterocycles. The van der Waals surface area contributed by atoms with Crippen LogP contribution >= 0.6 is 0 Å². The molecule has 0 aliphatic carbocycles. The summed E-state index contributed by atoms with van der Waals surface area (Å²) in [7, 11) is 0. The fourth-order valence-corrected chi connectivity index (χ4v) is 1.54. The van der Waals surface area contributed by atoms with E-state index in [1.807, 2.05) is 0 Å². The lowest BCUT2D eigenvalue weighted by atomic mass is 10.2. The van der Waals surface area contributed by atoms with Crippen molar-refractivity contribution in [1.29, 1.82) is 0 Å². The summed E-state index contributed by atoms with van der Waals surface area (Å²) in [6.45, 7) is 1.24. The van der Waals surface area contributed by atoms with Crippen molar-refractivity contribution in [1.82, 2.24) is 0 Å². The number of esters is 2. The van der Waals surface area contributed by atoms with E-state index in [1.54, 1.807) is 12.1 Å². The summed E-state index contributed by atoms with van der Waals surface area (Å²) in [5, 5.41) is 0. The van der Waals surface area contributed by atoms with Gasteiger partial charge in [0.25, 0.3) is 0 Å². The fourth-order valence-electron chi connectivity index (χ4n) is 1.54. The van der Waals surface area contributed by atoms with Crippen LogP contribution in [0.5, 0.6) is 11.5 Å². The summed E-state index contributed by atoms with van der Waals surface area (Å²) in [6.07, 6.45) is 0. The molecule has 0 saturated heterocycles. The summed E-state index contributed by atoms with van der Waals surface area (Å²) in [5.74, 6) is -1.33. The number of para-hydroxylation sites is 1. The maximum absolute atomic E-state index is 12.8. The quantitative estimate of drug-likeness (QED) is 0.637. The molecular formula is C15H11FO4. The monoisotopic (exact) mass is 274 g/mol. The van der Waals surface area contributed by atoms with Crippen molar-refractivity contribution in [3.8, 4) is 11.5 Å². The van der Waals surface area contributed by atoms with E-state index in [9.17, 15) is 14.0 Å². The summed E-state index contributed by atoms with van der Waals surface area (Å²) < 4.78 is 22.8. The van der Waals surface area contributed by atoms with Crippen molar-refractivity contribution in [2.75, 3.05) is 0 Å². The zero-order chi connectivity index (χ0) is 14.5. The molecule has 2 aromatic rings. The minimum Gasteiger partial charge on any atom is -0.426 e. The third kappa shape index (κ3) is 3.41. The van der Waals surface area contributed by atoms with Crippen molar-refractivity contribution in [3.63, 3.8) is 0 Å². The van der Waals surface area contributed by atoms with E-state index < -0.39 is 17.8 Å². The van der Waals surface area contributed by atoms with Gasteiger partial charge in [-0.25, -0.2) is 9.18 Å². The first-order valence-corrected chi connectivity index (χ1v) is 5.81. The number of hydrogen-bond donors (Lipinski definition) is 0. The first kappa shape index (κ1) is 13.7. The van der Waals surface area contributed by atoms with Crippen LogP contribution in [0, 0.1) is 5.82 Å². The second-order valence-corrected chi connectivity index (χ2v) is 3.93. The number of hydrogen-bond acceptors (Lipinski definition) is 4. The molecule has 0 unspecified atom stereocenters. The Morgan fingerprint density at radius 2 is 1.60 bits per heavy atom. The largest absolute Gasteiger partial charge is 0.426 e. The molecule has 0 fully saturated rings. The molecule has 0 spiro atoms. The Hall–Kier alpha value is -2.69. The van der Waals surface area contributed by atoms with Crippen LogP contribution in [0.15, 0.2) is 48.5 Å². The summed E-state index contributed by atoms with van der Waals surface area (Å²) in [5.41, 5.74) is 0.118. The van der Waals surface area contributed by atoms with Crippen LogP contribution < -0.4 is 9.47 Å². The highest BCUT2D eigenvalue weighted by atomic mass is 19.1. The number of ether oxygens (including phenoxy) is 2. The lowest BCUT2D eigenvalue weighted by molar-refractivity contribution is -0.131. The molecule has 0 amide bonds. The summed E-state index contributed by atoms with van der Waals surface area (Å²) in [4.78, 5) is 23.0. The van der Waals surface area contributed by atoms with Crippen molar-refractivity contribution in [2.24, 2.45) is 0 Å². The predicted molar refractivity (Wildman–Crippen MR) is 69.1 cm³/mol. The number of rotatable bonds is 3. The average Bonchev–Trinajstić information content (AvgIpc) is 2.41. The Morgan fingerprint density at radius 1 is 0.950 bits per heavy atom. The third-order valence-electron chi connectivity index (χ3n) is 2.38. The Morgan fingerprint density at radius 3 is 2.25 bits per heavy atom. The molecule has 5 heteroatoms. The van der Waals surface area contributed by atoms with Crippen LogP contribution in [0.1, 0.15) is 17.3 Å². The topological polar surface area (TPSA) is 52.6 Å². The van der Waals surface area contributed by atoms with Gasteiger partial charge in [-0.2, -0.15) is 0 Å². The minimum absolute atomic E-state index is 0.118. The van der Waals surface area contributed by atoms with Crippen molar-refractivity contribution in [2.45, 2.75) is 6.92 Å². The van der Waals surface area contributed by atoms with Crippen LogP contribution in [0.3, 0.4) is 0 Å². The van der Waals surface area contributed by atoms with Gasteiger partial charge in [0, 0.05) is 6.92 Å². The molecule has 0 aliphatic heterocycles. The first-order chi connectivity index (χ1) is 9.56. The van der Waals surface area contributed by atoms with Gasteiger partial charge in [0.15, 0.2) is 0 Å². The molecule has 0 aliphatic rings. The minimum atomic E-state index is -0.687. The van der Waals surface area contributed by atoms with Gasteiger partial charge < -0.3 is 9.47 Å². The Bertz CT molecular complexity index is 635. The highest BCUT2D eigenvalue weighted by Crippen LogP contribution is 2.21. The number of carbonyl (C=O) groups is 2. The molecule has 20 heavy (non-hydrogen) atoms. The van der Waals surface area contributed by atoms with E-state index in [4.69, 9.17) is 9.47 Å². The maximum atomic E-state index is 12.8. The van der Waals surface area contributed by atoms with Crippen LogP contribution in [-0.4, -0.2) is 11.9 Å². The zero-order valence-electron chi connectivity index (χ0n) is 10.6. The van der Waals surface area contributed by atoms with Gasteiger partial charge in [0.05, 0.1) is 0 Å². The summed E-state index contributed by atoms with van der Waals surface area (Å²) in [6, 6.07) is 11.2. The van der Waals surface area contributed by atoms with Crippen LogP contribution in [0.4, 0.5) is 4.39 Å². The van der Waals surface area contributed by atoms with Gasteiger partial charge in [0.1, 0.15) is 22.9 Å². The first-order valence-electron chi connectivity index (χ1n) is 5.81. The van der Waals surface area contributed by atoms with Gasteiger partial charge >= 0.3 is 11.9 Å². The second-order valence-electron chi connectivity index (χ2n) is 3.93. The molecule has 102 valence electrons. The van der Waals surface area contributed by atoms with Crippen LogP contribution in [0.2, 0.25) is 0 Å². The highest BCUT2D eigenvalue weighted by Gasteiger charge is 2.15. The second kappa shape index (κ2) is 5.97. The fraction of sp³-hybridized carbons (Fsp3) is 0.0667. The third-order valence-corrected chi connectivity index (χ3v) is 2.38.